The Morgan fingerprint density at radius 1 is 1.21 bits per heavy atom. The molecule has 4 nitrogen and oxygen atoms in total. The van der Waals surface area contributed by atoms with Crippen molar-refractivity contribution in [1.82, 2.24) is 0 Å². The van der Waals surface area contributed by atoms with Crippen LogP contribution in [-0.2, 0) is 10.9 Å². The van der Waals surface area contributed by atoms with E-state index in [9.17, 15) is 18.0 Å². The number of nitrogens with two attached hydrogens (primary N) is 1. The minimum Gasteiger partial charge on any atom is -0.462 e. The summed E-state index contributed by atoms with van der Waals surface area (Å²) in [7, 11) is 0. The molecule has 1 aromatic heterocycles. The number of benzene rings is 2. The number of hydrogen-bond donors (Lipinski definition) is 1. The van der Waals surface area contributed by atoms with Gasteiger partial charge >= 0.3 is 12.1 Å². The molecule has 0 radical (unpaired) electrons. The monoisotopic (exact) mass is 389 g/mol. The summed E-state index contributed by atoms with van der Waals surface area (Å²) in [6.07, 6.45) is -2.37. The van der Waals surface area contributed by atoms with E-state index >= 15 is 0 Å². The number of carbonyl (C=O) groups is 1. The van der Waals surface area contributed by atoms with E-state index < -0.39 is 17.7 Å². The third kappa shape index (κ3) is 3.21. The van der Waals surface area contributed by atoms with Crippen molar-refractivity contribution < 1.29 is 27.1 Å². The van der Waals surface area contributed by atoms with Gasteiger partial charge in [-0.1, -0.05) is 12.1 Å². The molecule has 0 unspecified atom stereocenters. The molecule has 1 fully saturated rings. The third-order valence-corrected chi connectivity index (χ3v) is 4.86. The maximum atomic E-state index is 12.9. The van der Waals surface area contributed by atoms with Crippen molar-refractivity contribution in [3.63, 3.8) is 0 Å². The Morgan fingerprint density at radius 2 is 1.89 bits per heavy atom. The number of hydrogen-bond acceptors (Lipinski definition) is 4. The van der Waals surface area contributed by atoms with Gasteiger partial charge in [0.2, 0.25) is 0 Å². The zero-order valence-electron chi connectivity index (χ0n) is 15.1. The molecule has 4 rings (SSSR count). The molecule has 0 atom stereocenters. The Bertz CT molecular complexity index is 1050. The summed E-state index contributed by atoms with van der Waals surface area (Å²) in [5.41, 5.74) is 7.86. The van der Waals surface area contributed by atoms with E-state index in [4.69, 9.17) is 14.9 Å². The molecule has 7 heteroatoms. The lowest BCUT2D eigenvalue weighted by Gasteiger charge is -2.08. The Kier molecular flexibility index (Phi) is 4.33. The molecule has 0 spiro atoms. The van der Waals surface area contributed by atoms with Crippen LogP contribution in [0.4, 0.5) is 18.9 Å². The van der Waals surface area contributed by atoms with Crippen molar-refractivity contribution >= 4 is 22.6 Å². The number of esters is 1. The van der Waals surface area contributed by atoms with Crippen LogP contribution in [0.1, 0.15) is 47.2 Å². The van der Waals surface area contributed by atoms with Crippen molar-refractivity contribution in [1.29, 1.82) is 0 Å². The SMILES string of the molecule is CCOC(=O)c1c(-c2ccc(C(F)(F)F)cc2)oc2cc(N)c(C3CC3)cc12. The molecule has 0 bridgehead atoms. The summed E-state index contributed by atoms with van der Waals surface area (Å²) in [4.78, 5) is 12.6. The smallest absolute Gasteiger partial charge is 0.416 e. The van der Waals surface area contributed by atoms with Crippen LogP contribution in [-0.4, -0.2) is 12.6 Å². The van der Waals surface area contributed by atoms with Crippen LogP contribution in [0.5, 0.6) is 0 Å². The average Bonchev–Trinajstić information content (AvgIpc) is 3.41. The predicted octanol–water partition coefficient (Wildman–Crippen LogP) is 5.75. The zero-order valence-corrected chi connectivity index (χ0v) is 15.1. The van der Waals surface area contributed by atoms with E-state index in [0.29, 0.717) is 28.1 Å². The summed E-state index contributed by atoms with van der Waals surface area (Å²) in [6.45, 7) is 1.86. The van der Waals surface area contributed by atoms with Gasteiger partial charge in [-0.3, -0.25) is 0 Å². The van der Waals surface area contributed by atoms with E-state index in [1.807, 2.05) is 6.07 Å². The minimum absolute atomic E-state index is 0.169. The van der Waals surface area contributed by atoms with Gasteiger partial charge in [-0.15, -0.1) is 0 Å². The Balaban J connectivity index is 1.89. The first kappa shape index (κ1) is 18.4. The second kappa shape index (κ2) is 6.58. The molecular formula is C21H18F3NO3. The van der Waals surface area contributed by atoms with Crippen molar-refractivity contribution in [3.05, 3.63) is 53.1 Å². The van der Waals surface area contributed by atoms with E-state index in [1.54, 1.807) is 13.0 Å². The highest BCUT2D eigenvalue weighted by Crippen LogP contribution is 2.46. The number of halogens is 3. The first-order valence-electron chi connectivity index (χ1n) is 9.00. The zero-order chi connectivity index (χ0) is 20.1. The number of nitrogen functional groups attached to an aromatic ring is 1. The van der Waals surface area contributed by atoms with Crippen LogP contribution in [0.25, 0.3) is 22.3 Å². The lowest BCUT2D eigenvalue weighted by molar-refractivity contribution is -0.137. The van der Waals surface area contributed by atoms with Crippen LogP contribution in [0.3, 0.4) is 0 Å². The Hall–Kier alpha value is -2.96. The van der Waals surface area contributed by atoms with Crippen LogP contribution < -0.4 is 5.73 Å². The summed E-state index contributed by atoms with van der Waals surface area (Å²) in [5.74, 6) is -0.0407. The molecule has 2 aromatic carbocycles. The number of furan rings is 1. The summed E-state index contributed by atoms with van der Waals surface area (Å²) >= 11 is 0. The van der Waals surface area contributed by atoms with Gasteiger partial charge in [0.1, 0.15) is 16.9 Å². The quantitative estimate of drug-likeness (QED) is 0.455. The summed E-state index contributed by atoms with van der Waals surface area (Å²) in [5, 5.41) is 0.560. The number of rotatable bonds is 4. The van der Waals surface area contributed by atoms with Crippen molar-refractivity contribution in [2.24, 2.45) is 0 Å². The lowest BCUT2D eigenvalue weighted by Crippen LogP contribution is -2.06. The number of ether oxygens (including phenoxy) is 1. The van der Waals surface area contributed by atoms with Crippen LogP contribution in [0, 0.1) is 0 Å². The summed E-state index contributed by atoms with van der Waals surface area (Å²) in [6, 6.07) is 8.00. The number of fused-ring (bicyclic) bond motifs is 1. The molecule has 1 aliphatic carbocycles. The van der Waals surface area contributed by atoms with E-state index in [1.165, 1.54) is 12.1 Å². The molecule has 3 aromatic rings. The maximum absolute atomic E-state index is 12.9. The molecule has 1 heterocycles. The van der Waals surface area contributed by atoms with Gasteiger partial charge in [0.15, 0.2) is 0 Å². The van der Waals surface area contributed by atoms with E-state index in [-0.39, 0.29) is 17.9 Å². The van der Waals surface area contributed by atoms with Gasteiger partial charge in [0, 0.05) is 22.7 Å². The number of carbonyl (C=O) groups excluding carboxylic acids is 1. The largest absolute Gasteiger partial charge is 0.462 e. The highest BCUT2D eigenvalue weighted by molar-refractivity contribution is 6.09. The number of anilines is 1. The molecule has 28 heavy (non-hydrogen) atoms. The van der Waals surface area contributed by atoms with Gasteiger partial charge in [0.05, 0.1) is 12.2 Å². The fourth-order valence-electron chi connectivity index (χ4n) is 3.34. The predicted molar refractivity (Wildman–Crippen MR) is 99.0 cm³/mol. The topological polar surface area (TPSA) is 65.5 Å². The molecule has 0 aliphatic heterocycles. The second-order valence-corrected chi connectivity index (χ2v) is 6.85. The van der Waals surface area contributed by atoms with Crippen LogP contribution in [0.2, 0.25) is 0 Å². The van der Waals surface area contributed by atoms with Crippen molar-refractivity contribution in [2.45, 2.75) is 31.9 Å². The van der Waals surface area contributed by atoms with Gasteiger partial charge in [0.25, 0.3) is 0 Å². The van der Waals surface area contributed by atoms with Gasteiger partial charge in [-0.05, 0) is 49.4 Å². The lowest BCUT2D eigenvalue weighted by atomic mass is 10.0. The first-order valence-corrected chi connectivity index (χ1v) is 9.00. The minimum atomic E-state index is -4.44. The number of alkyl halides is 3. The Morgan fingerprint density at radius 3 is 2.46 bits per heavy atom. The van der Waals surface area contributed by atoms with Crippen LogP contribution in [0.15, 0.2) is 40.8 Å². The standard InChI is InChI=1S/C21H18F3NO3/c1-2-27-20(26)18-15-9-14(11-3-4-11)16(25)10-17(15)28-19(18)12-5-7-13(8-6-12)21(22,23)24/h5-11H,2-4,25H2,1H3. The van der Waals surface area contributed by atoms with Crippen molar-refractivity contribution in [3.8, 4) is 11.3 Å². The molecule has 0 amide bonds. The molecule has 146 valence electrons. The van der Waals surface area contributed by atoms with E-state index in [2.05, 4.69) is 0 Å². The van der Waals surface area contributed by atoms with Crippen molar-refractivity contribution in [2.75, 3.05) is 12.3 Å². The Labute approximate surface area is 159 Å². The second-order valence-electron chi connectivity index (χ2n) is 6.85. The van der Waals surface area contributed by atoms with Gasteiger partial charge < -0.3 is 14.9 Å². The fourth-order valence-corrected chi connectivity index (χ4v) is 3.34. The first-order chi connectivity index (χ1) is 13.3. The molecule has 1 aliphatic rings. The molecule has 0 saturated heterocycles. The average molecular weight is 389 g/mol. The highest BCUT2D eigenvalue weighted by Gasteiger charge is 2.32. The molecule has 1 saturated carbocycles. The maximum Gasteiger partial charge on any atom is 0.416 e. The van der Waals surface area contributed by atoms with Gasteiger partial charge in [-0.25, -0.2) is 4.79 Å². The fraction of sp³-hybridized carbons (Fsp3) is 0.286. The normalized spacial score (nSPS) is 14.4. The third-order valence-electron chi connectivity index (χ3n) is 4.86. The molecule has 2 N–H and O–H groups in total. The van der Waals surface area contributed by atoms with Gasteiger partial charge in [-0.2, -0.15) is 13.2 Å². The molecular weight excluding hydrogens is 371 g/mol. The summed E-state index contributed by atoms with van der Waals surface area (Å²) < 4.78 is 49.6. The van der Waals surface area contributed by atoms with Crippen LogP contribution >= 0.6 is 0 Å². The highest BCUT2D eigenvalue weighted by atomic mass is 19.4. The van der Waals surface area contributed by atoms with E-state index in [0.717, 1.165) is 30.5 Å².